The van der Waals surface area contributed by atoms with Gasteiger partial charge in [0.25, 0.3) is 5.91 Å². The molecule has 1 atom stereocenters. The van der Waals surface area contributed by atoms with Gasteiger partial charge in [0.2, 0.25) is 15.9 Å². The number of sulfonamides is 1. The first-order valence-electron chi connectivity index (χ1n) is 11.6. The number of amides is 2. The Hall–Kier alpha value is -3.24. The zero-order chi connectivity index (χ0) is 25.2. The smallest absolute Gasteiger partial charge is 0.338 e. The number of anilines is 1. The molecular weight excluding hydrogens is 472 g/mol. The number of ether oxygens (including phenoxy) is 2. The first-order chi connectivity index (χ1) is 16.8. The maximum absolute atomic E-state index is 13.7. The highest BCUT2D eigenvalue weighted by molar-refractivity contribution is 7.89. The van der Waals surface area contributed by atoms with E-state index in [1.807, 2.05) is 0 Å². The second-order valence-corrected chi connectivity index (χ2v) is 10.3. The fourth-order valence-electron chi connectivity index (χ4n) is 4.69. The van der Waals surface area contributed by atoms with Crippen LogP contribution in [0.4, 0.5) is 5.69 Å². The minimum absolute atomic E-state index is 0.0442. The Morgan fingerprint density at radius 1 is 1.03 bits per heavy atom. The molecule has 1 unspecified atom stereocenters. The Bertz CT molecular complexity index is 1200. The highest BCUT2D eigenvalue weighted by atomic mass is 32.2. The van der Waals surface area contributed by atoms with Gasteiger partial charge >= 0.3 is 5.97 Å². The van der Waals surface area contributed by atoms with Crippen molar-refractivity contribution in [2.24, 2.45) is 0 Å². The van der Waals surface area contributed by atoms with Gasteiger partial charge in [-0.1, -0.05) is 12.8 Å². The summed E-state index contributed by atoms with van der Waals surface area (Å²) >= 11 is 0. The summed E-state index contributed by atoms with van der Waals surface area (Å²) in [6.07, 6.45) is 2.72. The van der Waals surface area contributed by atoms with Crippen molar-refractivity contribution in [3.8, 4) is 5.75 Å². The molecule has 1 saturated heterocycles. The van der Waals surface area contributed by atoms with Gasteiger partial charge in [0.05, 0.1) is 36.3 Å². The van der Waals surface area contributed by atoms with Gasteiger partial charge in [-0.25, -0.2) is 18.1 Å². The average Bonchev–Trinajstić information content (AvgIpc) is 3.47. The lowest BCUT2D eigenvalue weighted by molar-refractivity contribution is -0.122. The fraction of sp³-hybridized carbons (Fsp3) is 0.400. The fourth-order valence-corrected chi connectivity index (χ4v) is 6.52. The number of benzene rings is 2. The minimum atomic E-state index is -4.06. The zero-order valence-corrected chi connectivity index (χ0v) is 20.5. The Morgan fingerprint density at radius 2 is 1.66 bits per heavy atom. The summed E-state index contributed by atoms with van der Waals surface area (Å²) in [6.45, 7) is 1.93. The van der Waals surface area contributed by atoms with Crippen molar-refractivity contribution in [2.75, 3.05) is 18.6 Å². The molecule has 2 aromatic carbocycles. The van der Waals surface area contributed by atoms with E-state index in [0.717, 1.165) is 17.7 Å². The number of hydrogen-bond donors (Lipinski definition) is 0. The van der Waals surface area contributed by atoms with Crippen molar-refractivity contribution in [1.29, 1.82) is 0 Å². The van der Waals surface area contributed by atoms with Gasteiger partial charge in [0.1, 0.15) is 11.8 Å². The molecule has 0 radical (unpaired) electrons. The Kier molecular flexibility index (Phi) is 7.23. The summed E-state index contributed by atoms with van der Waals surface area (Å²) in [5.74, 6) is -1.07. The summed E-state index contributed by atoms with van der Waals surface area (Å²) in [4.78, 5) is 39.4. The van der Waals surface area contributed by atoms with Crippen LogP contribution < -0.4 is 9.64 Å². The van der Waals surface area contributed by atoms with Crippen molar-refractivity contribution in [3.05, 3.63) is 54.1 Å². The standard InChI is InChI=1S/C25H28N2O7S/c1-3-34-25(30)17-8-10-18(11-9-17)26-23(28)16-22(24(26)29)27(19-6-4-5-7-19)35(31,32)21-14-12-20(33-2)13-15-21/h8-15,19,22H,3-7,16H2,1-2H3. The third-order valence-corrected chi connectivity index (χ3v) is 8.36. The summed E-state index contributed by atoms with van der Waals surface area (Å²) in [7, 11) is -2.57. The maximum atomic E-state index is 13.7. The predicted octanol–water partition coefficient (Wildman–Crippen LogP) is 3.14. The lowest BCUT2D eigenvalue weighted by atomic mass is 10.1. The minimum Gasteiger partial charge on any atom is -0.497 e. The number of esters is 1. The van der Waals surface area contributed by atoms with E-state index in [1.54, 1.807) is 19.1 Å². The van der Waals surface area contributed by atoms with E-state index in [2.05, 4.69) is 0 Å². The topological polar surface area (TPSA) is 110 Å². The van der Waals surface area contributed by atoms with E-state index in [1.165, 1.54) is 47.8 Å². The monoisotopic (exact) mass is 500 g/mol. The predicted molar refractivity (Wildman–Crippen MR) is 128 cm³/mol. The Labute approximate surface area is 204 Å². The summed E-state index contributed by atoms with van der Waals surface area (Å²) in [6, 6.07) is 10.4. The SMILES string of the molecule is CCOC(=O)c1ccc(N2C(=O)CC(N(C3CCCC3)S(=O)(=O)c3ccc(OC)cc3)C2=O)cc1. The highest BCUT2D eigenvalue weighted by Gasteiger charge is 2.49. The molecule has 1 aliphatic heterocycles. The average molecular weight is 501 g/mol. The van der Waals surface area contributed by atoms with E-state index in [4.69, 9.17) is 9.47 Å². The molecule has 1 aliphatic carbocycles. The van der Waals surface area contributed by atoms with Gasteiger partial charge < -0.3 is 9.47 Å². The second kappa shape index (κ2) is 10.2. The van der Waals surface area contributed by atoms with Gasteiger partial charge in [-0.15, -0.1) is 0 Å². The second-order valence-electron chi connectivity index (χ2n) is 8.50. The van der Waals surface area contributed by atoms with E-state index in [0.29, 0.717) is 24.2 Å². The van der Waals surface area contributed by atoms with Crippen LogP contribution in [0.1, 0.15) is 49.4 Å². The molecule has 2 aliphatic rings. The number of methoxy groups -OCH3 is 1. The summed E-state index contributed by atoms with van der Waals surface area (Å²) in [5.41, 5.74) is 0.574. The molecule has 0 spiro atoms. The highest BCUT2D eigenvalue weighted by Crippen LogP contribution is 2.36. The quantitative estimate of drug-likeness (QED) is 0.404. The third-order valence-electron chi connectivity index (χ3n) is 6.39. The van der Waals surface area contributed by atoms with Crippen LogP contribution in [0.2, 0.25) is 0 Å². The van der Waals surface area contributed by atoms with Crippen LogP contribution in [-0.4, -0.2) is 56.3 Å². The van der Waals surface area contributed by atoms with Crippen LogP contribution >= 0.6 is 0 Å². The molecule has 0 N–H and O–H groups in total. The molecule has 10 heteroatoms. The van der Waals surface area contributed by atoms with Gasteiger partial charge in [-0.2, -0.15) is 4.31 Å². The molecule has 0 bridgehead atoms. The Morgan fingerprint density at radius 3 is 2.23 bits per heavy atom. The van der Waals surface area contributed by atoms with Crippen LogP contribution in [0.25, 0.3) is 0 Å². The van der Waals surface area contributed by atoms with Crippen molar-refractivity contribution in [1.82, 2.24) is 4.31 Å². The molecule has 2 amide bonds. The normalized spacial score (nSPS) is 18.9. The van der Waals surface area contributed by atoms with Crippen molar-refractivity contribution in [3.63, 3.8) is 0 Å². The lowest BCUT2D eigenvalue weighted by Gasteiger charge is -2.32. The van der Waals surface area contributed by atoms with Crippen LogP contribution in [0.3, 0.4) is 0 Å². The van der Waals surface area contributed by atoms with Crippen molar-refractivity contribution in [2.45, 2.75) is 56.0 Å². The molecule has 1 heterocycles. The van der Waals surface area contributed by atoms with Crippen molar-refractivity contribution >= 4 is 33.5 Å². The molecule has 2 fully saturated rings. The van der Waals surface area contributed by atoms with Gasteiger partial charge in [-0.3, -0.25) is 9.59 Å². The van der Waals surface area contributed by atoms with E-state index < -0.39 is 33.8 Å². The maximum Gasteiger partial charge on any atom is 0.338 e. The van der Waals surface area contributed by atoms with Crippen LogP contribution in [-0.2, 0) is 24.3 Å². The number of rotatable bonds is 8. The number of carbonyl (C=O) groups is 3. The molecule has 1 saturated carbocycles. The molecule has 4 rings (SSSR count). The Balaban J connectivity index is 1.65. The van der Waals surface area contributed by atoms with Gasteiger partial charge in [-0.05, 0) is 68.3 Å². The summed E-state index contributed by atoms with van der Waals surface area (Å²) in [5, 5.41) is 0. The number of carbonyl (C=O) groups excluding carboxylic acids is 3. The molecule has 35 heavy (non-hydrogen) atoms. The van der Waals surface area contributed by atoms with E-state index >= 15 is 0 Å². The van der Waals surface area contributed by atoms with Gasteiger partial charge in [0.15, 0.2) is 0 Å². The largest absolute Gasteiger partial charge is 0.497 e. The molecule has 2 aromatic rings. The number of hydrogen-bond acceptors (Lipinski definition) is 7. The van der Waals surface area contributed by atoms with Gasteiger partial charge in [0, 0.05) is 6.04 Å². The molecule has 9 nitrogen and oxygen atoms in total. The van der Waals surface area contributed by atoms with Crippen LogP contribution in [0, 0.1) is 0 Å². The molecule has 186 valence electrons. The zero-order valence-electron chi connectivity index (χ0n) is 19.7. The third kappa shape index (κ3) is 4.81. The molecular formula is C25H28N2O7S. The summed E-state index contributed by atoms with van der Waals surface area (Å²) < 4.78 is 38.8. The number of nitrogens with zero attached hydrogens (tertiary/aromatic N) is 2. The van der Waals surface area contributed by atoms with Crippen LogP contribution in [0.5, 0.6) is 5.75 Å². The first kappa shape index (κ1) is 24.9. The van der Waals surface area contributed by atoms with Crippen molar-refractivity contribution < 1.29 is 32.3 Å². The van der Waals surface area contributed by atoms with E-state index in [9.17, 15) is 22.8 Å². The molecule has 0 aromatic heterocycles. The number of imide groups is 1. The van der Waals surface area contributed by atoms with E-state index in [-0.39, 0.29) is 29.7 Å². The lowest BCUT2D eigenvalue weighted by Crippen LogP contribution is -2.49. The first-order valence-corrected chi connectivity index (χ1v) is 13.0. The van der Waals surface area contributed by atoms with Crippen LogP contribution in [0.15, 0.2) is 53.4 Å².